The van der Waals surface area contributed by atoms with Crippen LogP contribution >= 0.6 is 11.3 Å². The molecule has 0 aliphatic heterocycles. The minimum atomic E-state index is -0.778. The minimum absolute atomic E-state index is 0.0596. The number of aryl methyl sites for hydroxylation is 1. The molecule has 1 amide bonds. The van der Waals surface area contributed by atoms with Crippen molar-refractivity contribution in [2.75, 3.05) is 4.90 Å². The van der Waals surface area contributed by atoms with Crippen LogP contribution in [0.1, 0.15) is 29.7 Å². The van der Waals surface area contributed by atoms with E-state index >= 15 is 0 Å². The lowest BCUT2D eigenvalue weighted by Crippen LogP contribution is -2.42. The number of carboxylic acids is 1. The van der Waals surface area contributed by atoms with Gasteiger partial charge in [-0.05, 0) is 49.3 Å². The van der Waals surface area contributed by atoms with Gasteiger partial charge in [-0.2, -0.15) is 0 Å². The Hall–Kier alpha value is -2.14. The van der Waals surface area contributed by atoms with Crippen LogP contribution in [0.3, 0.4) is 0 Å². The first-order valence-corrected chi connectivity index (χ1v) is 9.03. The maximum absolute atomic E-state index is 13.0. The molecule has 0 unspecified atom stereocenters. The molecule has 4 nitrogen and oxygen atoms in total. The third-order valence-electron chi connectivity index (χ3n) is 4.55. The molecule has 0 bridgehead atoms. The molecule has 1 fully saturated rings. The molecule has 1 aromatic carbocycles. The highest BCUT2D eigenvalue weighted by molar-refractivity contribution is 7.09. The molecule has 0 saturated heterocycles. The number of amides is 1. The zero-order valence-corrected chi connectivity index (χ0v) is 14.5. The van der Waals surface area contributed by atoms with Crippen LogP contribution in [0.15, 0.2) is 41.8 Å². The predicted molar refractivity (Wildman–Crippen MR) is 95.2 cm³/mol. The fraction of sp³-hybridized carbons (Fsp3) is 0.368. The fourth-order valence-corrected chi connectivity index (χ4v) is 3.84. The number of hydrogen-bond donors (Lipinski definition) is 1. The summed E-state index contributed by atoms with van der Waals surface area (Å²) in [7, 11) is 0. The van der Waals surface area contributed by atoms with Crippen molar-refractivity contribution in [2.45, 2.75) is 32.7 Å². The maximum atomic E-state index is 13.0. The Labute approximate surface area is 145 Å². The quantitative estimate of drug-likeness (QED) is 0.859. The number of carbonyl (C=O) groups is 2. The van der Waals surface area contributed by atoms with E-state index in [1.807, 2.05) is 53.6 Å². The predicted octanol–water partition coefficient (Wildman–Crippen LogP) is 4.09. The Morgan fingerprint density at radius 1 is 1.21 bits per heavy atom. The van der Waals surface area contributed by atoms with Gasteiger partial charge in [0, 0.05) is 22.9 Å². The molecule has 5 heteroatoms. The summed E-state index contributed by atoms with van der Waals surface area (Å²) in [6.45, 7) is 2.59. The van der Waals surface area contributed by atoms with Gasteiger partial charge >= 0.3 is 5.97 Å². The molecule has 1 heterocycles. The number of carbonyl (C=O) groups excluding carboxylic acids is 1. The number of nitrogens with zero attached hydrogens (tertiary/aromatic N) is 1. The Morgan fingerprint density at radius 3 is 2.50 bits per heavy atom. The third-order valence-corrected chi connectivity index (χ3v) is 5.42. The lowest BCUT2D eigenvalue weighted by molar-refractivity contribution is -0.140. The lowest BCUT2D eigenvalue weighted by Gasteiger charge is -2.37. The standard InChI is InChI=1S/C19H21NO3S/c1-13-4-6-16(7-5-13)20(12-17-3-2-8-24-17)19(23)15-9-14(10-15)11-18(21)22/h2-8,14-15H,9-12H2,1H3,(H,21,22). The topological polar surface area (TPSA) is 57.6 Å². The Morgan fingerprint density at radius 2 is 1.92 bits per heavy atom. The van der Waals surface area contributed by atoms with Gasteiger partial charge in [0.25, 0.3) is 0 Å². The second-order valence-electron chi connectivity index (χ2n) is 6.47. The van der Waals surface area contributed by atoms with Gasteiger partial charge in [0.2, 0.25) is 5.91 Å². The van der Waals surface area contributed by atoms with Crippen LogP contribution in [-0.2, 0) is 16.1 Å². The van der Waals surface area contributed by atoms with Crippen molar-refractivity contribution >= 4 is 28.9 Å². The van der Waals surface area contributed by atoms with E-state index in [-0.39, 0.29) is 24.2 Å². The van der Waals surface area contributed by atoms with Crippen LogP contribution in [0.25, 0.3) is 0 Å². The van der Waals surface area contributed by atoms with Gasteiger partial charge in [0.15, 0.2) is 0 Å². The summed E-state index contributed by atoms with van der Waals surface area (Å²) in [5.74, 6) is -0.595. The average Bonchev–Trinajstić information content (AvgIpc) is 3.01. The first-order valence-electron chi connectivity index (χ1n) is 8.15. The summed E-state index contributed by atoms with van der Waals surface area (Å²) in [6.07, 6.45) is 1.52. The molecular weight excluding hydrogens is 322 g/mol. The van der Waals surface area contributed by atoms with E-state index in [2.05, 4.69) is 0 Å². The lowest BCUT2D eigenvalue weighted by atomic mass is 9.72. The molecule has 3 rings (SSSR count). The molecule has 0 radical (unpaired) electrons. The van der Waals surface area contributed by atoms with Crippen LogP contribution < -0.4 is 4.90 Å². The van der Waals surface area contributed by atoms with Crippen molar-refractivity contribution in [3.05, 3.63) is 52.2 Å². The van der Waals surface area contributed by atoms with Gasteiger partial charge in [-0.3, -0.25) is 9.59 Å². The third kappa shape index (κ3) is 3.85. The summed E-state index contributed by atoms with van der Waals surface area (Å²) in [6, 6.07) is 12.0. The highest BCUT2D eigenvalue weighted by Gasteiger charge is 2.38. The summed E-state index contributed by atoms with van der Waals surface area (Å²) >= 11 is 1.64. The molecule has 0 spiro atoms. The van der Waals surface area contributed by atoms with E-state index in [1.165, 1.54) is 0 Å². The van der Waals surface area contributed by atoms with Crippen molar-refractivity contribution in [1.29, 1.82) is 0 Å². The van der Waals surface area contributed by atoms with Gasteiger partial charge in [0.05, 0.1) is 6.54 Å². The number of hydrogen-bond acceptors (Lipinski definition) is 3. The molecule has 0 atom stereocenters. The second-order valence-corrected chi connectivity index (χ2v) is 7.50. The summed E-state index contributed by atoms with van der Waals surface area (Å²) in [5, 5.41) is 10.9. The first kappa shape index (κ1) is 16.7. The summed E-state index contributed by atoms with van der Waals surface area (Å²) in [4.78, 5) is 26.7. The van der Waals surface area contributed by atoms with E-state index in [0.29, 0.717) is 19.4 Å². The van der Waals surface area contributed by atoms with Crippen LogP contribution in [0.4, 0.5) is 5.69 Å². The highest BCUT2D eigenvalue weighted by atomic mass is 32.1. The van der Waals surface area contributed by atoms with E-state index in [9.17, 15) is 9.59 Å². The van der Waals surface area contributed by atoms with E-state index in [4.69, 9.17) is 5.11 Å². The number of anilines is 1. The number of thiophene rings is 1. The SMILES string of the molecule is Cc1ccc(N(Cc2cccs2)C(=O)C2CC(CC(=O)O)C2)cc1. The fourth-order valence-electron chi connectivity index (χ4n) is 3.15. The Kier molecular flexibility index (Phi) is 5.00. The largest absolute Gasteiger partial charge is 0.481 e. The molecule has 1 aromatic heterocycles. The smallest absolute Gasteiger partial charge is 0.303 e. The molecule has 1 aliphatic carbocycles. The molecule has 1 saturated carbocycles. The van der Waals surface area contributed by atoms with E-state index < -0.39 is 5.97 Å². The zero-order chi connectivity index (χ0) is 17.1. The highest BCUT2D eigenvalue weighted by Crippen LogP contribution is 2.38. The molecular formula is C19H21NO3S. The zero-order valence-electron chi connectivity index (χ0n) is 13.6. The molecule has 24 heavy (non-hydrogen) atoms. The van der Waals surface area contributed by atoms with E-state index in [0.717, 1.165) is 16.1 Å². The van der Waals surface area contributed by atoms with Gasteiger partial charge in [-0.1, -0.05) is 23.8 Å². The second kappa shape index (κ2) is 7.18. The Bertz CT molecular complexity index is 703. The number of rotatable bonds is 6. The monoisotopic (exact) mass is 343 g/mol. The van der Waals surface area contributed by atoms with Crippen LogP contribution in [0.5, 0.6) is 0 Å². The van der Waals surface area contributed by atoms with Crippen LogP contribution in [0.2, 0.25) is 0 Å². The minimum Gasteiger partial charge on any atom is -0.481 e. The number of carboxylic acid groups (broad SMARTS) is 1. The van der Waals surface area contributed by atoms with Gasteiger partial charge < -0.3 is 10.0 Å². The normalized spacial score (nSPS) is 19.5. The number of benzene rings is 1. The molecule has 2 aromatic rings. The van der Waals surface area contributed by atoms with E-state index in [1.54, 1.807) is 11.3 Å². The summed E-state index contributed by atoms with van der Waals surface area (Å²) in [5.41, 5.74) is 2.06. The van der Waals surface area contributed by atoms with Crippen molar-refractivity contribution < 1.29 is 14.7 Å². The molecule has 1 N–H and O–H groups in total. The van der Waals surface area contributed by atoms with Crippen LogP contribution in [0, 0.1) is 18.8 Å². The van der Waals surface area contributed by atoms with Gasteiger partial charge in [-0.15, -0.1) is 11.3 Å². The maximum Gasteiger partial charge on any atom is 0.303 e. The van der Waals surface area contributed by atoms with Crippen LogP contribution in [-0.4, -0.2) is 17.0 Å². The summed E-state index contributed by atoms with van der Waals surface area (Å²) < 4.78 is 0. The molecule has 126 valence electrons. The van der Waals surface area contributed by atoms with Crippen molar-refractivity contribution in [3.8, 4) is 0 Å². The van der Waals surface area contributed by atoms with Gasteiger partial charge in [0.1, 0.15) is 0 Å². The average molecular weight is 343 g/mol. The van der Waals surface area contributed by atoms with Crippen molar-refractivity contribution in [3.63, 3.8) is 0 Å². The van der Waals surface area contributed by atoms with Crippen molar-refractivity contribution in [1.82, 2.24) is 0 Å². The van der Waals surface area contributed by atoms with Gasteiger partial charge in [-0.25, -0.2) is 0 Å². The Balaban J connectivity index is 1.73. The number of aliphatic carboxylic acids is 1. The first-order chi connectivity index (χ1) is 11.5. The van der Waals surface area contributed by atoms with Crippen molar-refractivity contribution in [2.24, 2.45) is 11.8 Å². The molecule has 1 aliphatic rings.